The van der Waals surface area contributed by atoms with E-state index in [4.69, 9.17) is 5.26 Å². The summed E-state index contributed by atoms with van der Waals surface area (Å²) in [6.07, 6.45) is 4.32. The van der Waals surface area contributed by atoms with Crippen molar-refractivity contribution in [3.63, 3.8) is 0 Å². The van der Waals surface area contributed by atoms with Crippen LogP contribution in [0, 0.1) is 28.9 Å². The van der Waals surface area contributed by atoms with Crippen LogP contribution in [0.1, 0.15) is 56.6 Å². The Morgan fingerprint density at radius 2 is 1.91 bits per heavy atom. The molecule has 1 aromatic rings. The number of hydrogen-bond acceptors (Lipinski definition) is 2. The van der Waals surface area contributed by atoms with Gasteiger partial charge < -0.3 is 5.11 Å². The highest BCUT2D eigenvalue weighted by molar-refractivity contribution is 5.81. The highest BCUT2D eigenvalue weighted by Crippen LogP contribution is 2.43. The summed E-state index contributed by atoms with van der Waals surface area (Å²) in [5.74, 6) is -2.56. The SMILES string of the molecule is CCCC1CCC(C(=O)O)(c2cc(F)c(C#N)c(F)c2)CC1. The summed E-state index contributed by atoms with van der Waals surface area (Å²) in [5.41, 5.74) is -1.78. The van der Waals surface area contributed by atoms with Crippen molar-refractivity contribution >= 4 is 5.97 Å². The summed E-state index contributed by atoms with van der Waals surface area (Å²) in [7, 11) is 0. The first-order valence-corrected chi connectivity index (χ1v) is 7.57. The van der Waals surface area contributed by atoms with E-state index in [1.807, 2.05) is 0 Å². The fourth-order valence-electron chi connectivity index (χ4n) is 3.45. The van der Waals surface area contributed by atoms with Crippen molar-refractivity contribution in [1.82, 2.24) is 0 Å². The van der Waals surface area contributed by atoms with Gasteiger partial charge in [0.25, 0.3) is 0 Å². The van der Waals surface area contributed by atoms with Crippen molar-refractivity contribution < 1.29 is 18.7 Å². The van der Waals surface area contributed by atoms with E-state index in [1.165, 1.54) is 6.07 Å². The Labute approximate surface area is 128 Å². The van der Waals surface area contributed by atoms with Gasteiger partial charge in [-0.05, 0) is 49.3 Å². The number of nitrogens with zero attached hydrogens (tertiary/aromatic N) is 1. The van der Waals surface area contributed by atoms with E-state index in [0.29, 0.717) is 18.8 Å². The summed E-state index contributed by atoms with van der Waals surface area (Å²) in [5, 5.41) is 18.4. The molecule has 0 saturated heterocycles. The second-order valence-corrected chi connectivity index (χ2v) is 6.05. The van der Waals surface area contributed by atoms with Crippen LogP contribution in [0.2, 0.25) is 0 Å². The van der Waals surface area contributed by atoms with Crippen LogP contribution in [0.3, 0.4) is 0 Å². The highest BCUT2D eigenvalue weighted by atomic mass is 19.1. The van der Waals surface area contributed by atoms with E-state index >= 15 is 0 Å². The number of rotatable bonds is 4. The Morgan fingerprint density at radius 1 is 1.36 bits per heavy atom. The average Bonchev–Trinajstić information content (AvgIpc) is 2.48. The zero-order valence-corrected chi connectivity index (χ0v) is 12.5. The minimum absolute atomic E-state index is 0.129. The summed E-state index contributed by atoms with van der Waals surface area (Å²) < 4.78 is 27.7. The molecule has 0 radical (unpaired) electrons. The average molecular weight is 307 g/mol. The molecule has 0 aliphatic heterocycles. The number of carbonyl (C=O) groups is 1. The molecule has 0 spiro atoms. The van der Waals surface area contributed by atoms with Crippen molar-refractivity contribution in [2.45, 2.75) is 50.9 Å². The second kappa shape index (κ2) is 6.43. The first kappa shape index (κ1) is 16.4. The smallest absolute Gasteiger partial charge is 0.314 e. The third-order valence-electron chi connectivity index (χ3n) is 4.77. The molecule has 1 aromatic carbocycles. The molecule has 0 unspecified atom stereocenters. The number of benzene rings is 1. The first-order valence-electron chi connectivity index (χ1n) is 7.57. The lowest BCUT2D eigenvalue weighted by Gasteiger charge is -2.37. The Bertz CT molecular complexity index is 591. The molecule has 2 rings (SSSR count). The normalized spacial score (nSPS) is 24.7. The van der Waals surface area contributed by atoms with Crippen LogP contribution in [0.25, 0.3) is 0 Å². The fourth-order valence-corrected chi connectivity index (χ4v) is 3.45. The van der Waals surface area contributed by atoms with Gasteiger partial charge in [-0.2, -0.15) is 5.26 Å². The molecule has 0 heterocycles. The molecule has 118 valence electrons. The van der Waals surface area contributed by atoms with Crippen molar-refractivity contribution in [3.05, 3.63) is 34.9 Å². The molecular weight excluding hydrogens is 288 g/mol. The Balaban J connectivity index is 2.38. The third-order valence-corrected chi connectivity index (χ3v) is 4.77. The molecule has 0 aromatic heterocycles. The molecule has 22 heavy (non-hydrogen) atoms. The van der Waals surface area contributed by atoms with E-state index in [0.717, 1.165) is 37.8 Å². The van der Waals surface area contributed by atoms with E-state index in [9.17, 15) is 18.7 Å². The Hall–Kier alpha value is -1.96. The monoisotopic (exact) mass is 307 g/mol. The van der Waals surface area contributed by atoms with E-state index in [1.54, 1.807) is 0 Å². The summed E-state index contributed by atoms with van der Waals surface area (Å²) in [4.78, 5) is 11.8. The molecule has 5 heteroatoms. The molecule has 0 atom stereocenters. The predicted octanol–water partition coefficient (Wildman–Crippen LogP) is 4.15. The summed E-state index contributed by atoms with van der Waals surface area (Å²) in [6.45, 7) is 2.09. The fraction of sp³-hybridized carbons (Fsp3) is 0.529. The summed E-state index contributed by atoms with van der Waals surface area (Å²) >= 11 is 0. The summed E-state index contributed by atoms with van der Waals surface area (Å²) in [6, 6.07) is 3.48. The van der Waals surface area contributed by atoms with Crippen molar-refractivity contribution in [1.29, 1.82) is 5.26 Å². The molecule has 1 fully saturated rings. The van der Waals surface area contributed by atoms with Crippen LogP contribution in [0.15, 0.2) is 12.1 Å². The number of hydrogen-bond donors (Lipinski definition) is 1. The topological polar surface area (TPSA) is 61.1 Å². The zero-order valence-electron chi connectivity index (χ0n) is 12.5. The van der Waals surface area contributed by atoms with Gasteiger partial charge in [0, 0.05) is 0 Å². The van der Waals surface area contributed by atoms with Gasteiger partial charge in [0.05, 0.1) is 5.41 Å². The standard InChI is InChI=1S/C17H19F2NO2/c1-2-3-11-4-6-17(7-5-11,16(21)22)12-8-14(18)13(10-20)15(19)9-12/h8-9,11H,2-7H2,1H3,(H,21,22). The van der Waals surface area contributed by atoms with E-state index in [2.05, 4.69) is 6.92 Å². The van der Waals surface area contributed by atoms with E-state index in [-0.39, 0.29) is 5.56 Å². The minimum Gasteiger partial charge on any atom is -0.481 e. The van der Waals surface area contributed by atoms with Gasteiger partial charge in [0.2, 0.25) is 0 Å². The number of carboxylic acids is 1. The van der Waals surface area contributed by atoms with Gasteiger partial charge in [0.15, 0.2) is 0 Å². The predicted molar refractivity (Wildman–Crippen MR) is 77.3 cm³/mol. The van der Waals surface area contributed by atoms with Crippen molar-refractivity contribution in [2.75, 3.05) is 0 Å². The maximum atomic E-state index is 13.8. The van der Waals surface area contributed by atoms with Gasteiger partial charge in [-0.3, -0.25) is 4.79 Å². The van der Waals surface area contributed by atoms with Crippen LogP contribution in [-0.4, -0.2) is 11.1 Å². The zero-order chi connectivity index (χ0) is 16.3. The molecule has 3 nitrogen and oxygen atoms in total. The van der Waals surface area contributed by atoms with Crippen molar-refractivity contribution in [3.8, 4) is 6.07 Å². The quantitative estimate of drug-likeness (QED) is 0.909. The largest absolute Gasteiger partial charge is 0.481 e. The van der Waals surface area contributed by atoms with Gasteiger partial charge >= 0.3 is 5.97 Å². The van der Waals surface area contributed by atoms with Gasteiger partial charge in [-0.1, -0.05) is 19.8 Å². The lowest BCUT2D eigenvalue weighted by molar-refractivity contribution is -0.145. The third kappa shape index (κ3) is 2.83. The molecule has 1 N–H and O–H groups in total. The lowest BCUT2D eigenvalue weighted by atomic mass is 9.66. The number of halogens is 2. The maximum absolute atomic E-state index is 13.8. The van der Waals surface area contributed by atoms with Gasteiger partial charge in [0.1, 0.15) is 23.3 Å². The molecule has 1 saturated carbocycles. The molecule has 1 aliphatic rings. The maximum Gasteiger partial charge on any atom is 0.314 e. The van der Waals surface area contributed by atoms with Crippen LogP contribution < -0.4 is 0 Å². The molecule has 1 aliphatic carbocycles. The minimum atomic E-state index is -1.25. The van der Waals surface area contributed by atoms with Crippen LogP contribution in [-0.2, 0) is 10.2 Å². The van der Waals surface area contributed by atoms with Crippen molar-refractivity contribution in [2.24, 2.45) is 5.92 Å². The Morgan fingerprint density at radius 3 is 2.32 bits per heavy atom. The molecule has 0 amide bonds. The van der Waals surface area contributed by atoms with E-state index < -0.39 is 28.6 Å². The van der Waals surface area contributed by atoms with Crippen LogP contribution >= 0.6 is 0 Å². The number of carboxylic acid groups (broad SMARTS) is 1. The highest BCUT2D eigenvalue weighted by Gasteiger charge is 2.44. The van der Waals surface area contributed by atoms with Gasteiger partial charge in [-0.25, -0.2) is 8.78 Å². The first-order chi connectivity index (χ1) is 10.4. The van der Waals surface area contributed by atoms with Crippen LogP contribution in [0.4, 0.5) is 8.78 Å². The Kier molecular flexibility index (Phi) is 4.80. The molecule has 0 bridgehead atoms. The lowest BCUT2D eigenvalue weighted by Crippen LogP contribution is -2.40. The molecular formula is C17H19F2NO2. The second-order valence-electron chi connectivity index (χ2n) is 6.05. The van der Waals surface area contributed by atoms with Crippen LogP contribution in [0.5, 0.6) is 0 Å². The number of aliphatic carboxylic acids is 1. The van der Waals surface area contributed by atoms with Gasteiger partial charge in [-0.15, -0.1) is 0 Å². The number of nitriles is 1.